The van der Waals surface area contributed by atoms with Gasteiger partial charge in [-0.05, 0) is 59.6 Å². The molecule has 5 nitrogen and oxygen atoms in total. The predicted octanol–water partition coefficient (Wildman–Crippen LogP) is 2.71. The van der Waals surface area contributed by atoms with E-state index in [0.29, 0.717) is 9.72 Å². The molecule has 0 saturated heterocycles. The molecule has 1 saturated carbocycles. The summed E-state index contributed by atoms with van der Waals surface area (Å²) in [7, 11) is -3.69. The Morgan fingerprint density at radius 2 is 2.14 bits per heavy atom. The number of carbonyl (C=O) groups is 1. The minimum absolute atomic E-state index is 0.0179. The predicted molar refractivity (Wildman–Crippen MR) is 86.4 cm³/mol. The van der Waals surface area contributed by atoms with Gasteiger partial charge in [0.15, 0.2) is 0 Å². The molecule has 116 valence electrons. The van der Waals surface area contributed by atoms with Crippen LogP contribution in [0.3, 0.4) is 0 Å². The van der Waals surface area contributed by atoms with Gasteiger partial charge >= 0.3 is 5.97 Å². The molecule has 2 atom stereocenters. The van der Waals surface area contributed by atoms with Crippen molar-refractivity contribution in [3.63, 3.8) is 0 Å². The Labute approximate surface area is 136 Å². The van der Waals surface area contributed by atoms with Gasteiger partial charge in [-0.1, -0.05) is 0 Å². The molecule has 1 aromatic carbocycles. The van der Waals surface area contributed by atoms with Gasteiger partial charge in [0.05, 0.1) is 10.5 Å². The maximum absolute atomic E-state index is 12.3. The highest BCUT2D eigenvalue weighted by molar-refractivity contribution is 9.10. The van der Waals surface area contributed by atoms with Crippen LogP contribution in [0.15, 0.2) is 27.6 Å². The zero-order valence-electron chi connectivity index (χ0n) is 11.4. The van der Waals surface area contributed by atoms with E-state index in [1.54, 1.807) is 11.8 Å². The van der Waals surface area contributed by atoms with Crippen molar-refractivity contribution in [1.29, 1.82) is 0 Å². The summed E-state index contributed by atoms with van der Waals surface area (Å²) >= 11 is 4.85. The number of carboxylic acid groups (broad SMARTS) is 1. The SMILES string of the molecule is CSC1CCC(NS(=O)(=O)c2ccc(Br)c(C(=O)O)c2)C1. The Balaban J connectivity index is 2.20. The first-order chi connectivity index (χ1) is 9.83. The molecule has 1 aromatic rings. The van der Waals surface area contributed by atoms with E-state index >= 15 is 0 Å². The molecule has 2 unspecified atom stereocenters. The molecular formula is C13H16BrNO4S2. The lowest BCUT2D eigenvalue weighted by molar-refractivity contribution is 0.0695. The van der Waals surface area contributed by atoms with Crippen molar-refractivity contribution in [2.45, 2.75) is 35.4 Å². The third-order valence-electron chi connectivity index (χ3n) is 3.52. The summed E-state index contributed by atoms with van der Waals surface area (Å²) < 4.78 is 27.7. The van der Waals surface area contributed by atoms with Crippen molar-refractivity contribution >= 4 is 43.7 Å². The number of benzene rings is 1. The molecule has 8 heteroatoms. The smallest absolute Gasteiger partial charge is 0.336 e. The van der Waals surface area contributed by atoms with Crippen LogP contribution < -0.4 is 4.72 Å². The second-order valence-corrected chi connectivity index (χ2v) is 8.64. The van der Waals surface area contributed by atoms with Crippen LogP contribution >= 0.6 is 27.7 Å². The van der Waals surface area contributed by atoms with Crippen molar-refractivity contribution in [3.05, 3.63) is 28.2 Å². The van der Waals surface area contributed by atoms with Crippen molar-refractivity contribution in [2.24, 2.45) is 0 Å². The summed E-state index contributed by atoms with van der Waals surface area (Å²) in [6.07, 6.45) is 4.64. The highest BCUT2D eigenvalue weighted by atomic mass is 79.9. The monoisotopic (exact) mass is 393 g/mol. The van der Waals surface area contributed by atoms with Crippen LogP contribution in [0.2, 0.25) is 0 Å². The van der Waals surface area contributed by atoms with E-state index in [2.05, 4.69) is 20.7 Å². The Morgan fingerprint density at radius 1 is 1.43 bits per heavy atom. The zero-order valence-corrected chi connectivity index (χ0v) is 14.6. The van der Waals surface area contributed by atoms with Gasteiger partial charge < -0.3 is 5.11 Å². The summed E-state index contributed by atoms with van der Waals surface area (Å²) in [6.45, 7) is 0. The molecule has 0 radical (unpaired) electrons. The van der Waals surface area contributed by atoms with Gasteiger partial charge in [0.1, 0.15) is 0 Å². The number of halogens is 1. The third kappa shape index (κ3) is 4.00. The van der Waals surface area contributed by atoms with E-state index in [-0.39, 0.29) is 16.5 Å². The topological polar surface area (TPSA) is 83.5 Å². The summed E-state index contributed by atoms with van der Waals surface area (Å²) in [5.74, 6) is -1.16. The van der Waals surface area contributed by atoms with Gasteiger partial charge in [-0.3, -0.25) is 0 Å². The van der Waals surface area contributed by atoms with E-state index in [1.807, 2.05) is 6.26 Å². The summed E-state index contributed by atoms with van der Waals surface area (Å²) in [4.78, 5) is 11.1. The van der Waals surface area contributed by atoms with Gasteiger partial charge in [-0.2, -0.15) is 11.8 Å². The normalized spacial score (nSPS) is 22.4. The third-order valence-corrected chi connectivity index (χ3v) is 6.82. The van der Waals surface area contributed by atoms with Crippen molar-refractivity contribution in [1.82, 2.24) is 4.72 Å². The van der Waals surface area contributed by atoms with Crippen molar-refractivity contribution < 1.29 is 18.3 Å². The fourth-order valence-corrected chi connectivity index (χ4v) is 4.91. The second kappa shape index (κ2) is 6.68. The number of aromatic carboxylic acids is 1. The molecule has 1 fully saturated rings. The number of thioether (sulfide) groups is 1. The molecule has 1 aliphatic carbocycles. The van der Waals surface area contributed by atoms with E-state index in [9.17, 15) is 13.2 Å². The number of carboxylic acids is 1. The first kappa shape index (κ1) is 16.8. The van der Waals surface area contributed by atoms with E-state index in [1.165, 1.54) is 18.2 Å². The molecule has 21 heavy (non-hydrogen) atoms. The average Bonchev–Trinajstić information content (AvgIpc) is 2.85. The fourth-order valence-electron chi connectivity index (χ4n) is 2.38. The summed E-state index contributed by atoms with van der Waals surface area (Å²) in [5.41, 5.74) is -0.0636. The Bertz CT molecular complexity index is 648. The number of rotatable bonds is 5. The maximum Gasteiger partial charge on any atom is 0.336 e. The lowest BCUT2D eigenvalue weighted by Gasteiger charge is -2.14. The van der Waals surface area contributed by atoms with Crippen LogP contribution in [0, 0.1) is 0 Å². The van der Waals surface area contributed by atoms with Crippen LogP contribution in [0.1, 0.15) is 29.6 Å². The van der Waals surface area contributed by atoms with Crippen LogP contribution in [0.5, 0.6) is 0 Å². The van der Waals surface area contributed by atoms with Crippen LogP contribution in [-0.4, -0.2) is 37.0 Å². The van der Waals surface area contributed by atoms with Crippen LogP contribution in [0.4, 0.5) is 0 Å². The molecule has 0 aliphatic heterocycles. The van der Waals surface area contributed by atoms with Crippen molar-refractivity contribution in [2.75, 3.05) is 6.26 Å². The highest BCUT2D eigenvalue weighted by Crippen LogP contribution is 2.29. The first-order valence-electron chi connectivity index (χ1n) is 6.41. The number of hydrogen-bond acceptors (Lipinski definition) is 4. The Morgan fingerprint density at radius 3 is 2.71 bits per heavy atom. The summed E-state index contributed by atoms with van der Waals surface area (Å²) in [6, 6.07) is 3.94. The van der Waals surface area contributed by atoms with Gasteiger partial charge in [0, 0.05) is 15.8 Å². The summed E-state index contributed by atoms with van der Waals surface area (Å²) in [5, 5.41) is 9.54. The molecule has 0 bridgehead atoms. The zero-order chi connectivity index (χ0) is 15.6. The molecule has 2 N–H and O–H groups in total. The molecule has 0 aromatic heterocycles. The molecule has 0 spiro atoms. The highest BCUT2D eigenvalue weighted by Gasteiger charge is 2.28. The molecule has 2 rings (SSSR count). The molecule has 1 aliphatic rings. The van der Waals surface area contributed by atoms with Gasteiger partial charge in [0.25, 0.3) is 0 Å². The number of sulfonamides is 1. The fraction of sp³-hybridized carbons (Fsp3) is 0.462. The molecule has 0 amide bonds. The average molecular weight is 394 g/mol. The minimum atomic E-state index is -3.69. The Kier molecular flexibility index (Phi) is 5.34. The standard InChI is InChI=1S/C13H16BrNO4S2/c1-20-9-3-2-8(6-9)15-21(18,19)10-4-5-12(14)11(7-10)13(16)17/h4-5,7-9,15H,2-3,6H2,1H3,(H,16,17). The quantitative estimate of drug-likeness (QED) is 0.803. The van der Waals surface area contributed by atoms with Crippen LogP contribution in [-0.2, 0) is 10.0 Å². The van der Waals surface area contributed by atoms with Crippen LogP contribution in [0.25, 0.3) is 0 Å². The number of nitrogens with one attached hydrogen (secondary N) is 1. The number of hydrogen-bond donors (Lipinski definition) is 2. The second-order valence-electron chi connectivity index (χ2n) is 4.94. The largest absolute Gasteiger partial charge is 0.478 e. The minimum Gasteiger partial charge on any atom is -0.478 e. The molecule has 0 heterocycles. The first-order valence-corrected chi connectivity index (χ1v) is 9.98. The Hall–Kier alpha value is -0.570. The van der Waals surface area contributed by atoms with E-state index in [4.69, 9.17) is 5.11 Å². The lowest BCUT2D eigenvalue weighted by Crippen LogP contribution is -2.33. The van der Waals surface area contributed by atoms with Gasteiger partial charge in [0.2, 0.25) is 10.0 Å². The van der Waals surface area contributed by atoms with Gasteiger partial charge in [-0.25, -0.2) is 17.9 Å². The maximum atomic E-state index is 12.3. The van der Waals surface area contributed by atoms with Crippen molar-refractivity contribution in [3.8, 4) is 0 Å². The lowest BCUT2D eigenvalue weighted by atomic mass is 10.2. The molecular weight excluding hydrogens is 378 g/mol. The van der Waals surface area contributed by atoms with E-state index < -0.39 is 16.0 Å². The van der Waals surface area contributed by atoms with E-state index in [0.717, 1.165) is 19.3 Å². The van der Waals surface area contributed by atoms with Gasteiger partial charge in [-0.15, -0.1) is 0 Å².